The maximum Gasteiger partial charge on any atom is 0.212 e. The Morgan fingerprint density at radius 1 is 1.27 bits per heavy atom. The summed E-state index contributed by atoms with van der Waals surface area (Å²) in [5.74, 6) is 0.123. The smallest absolute Gasteiger partial charge is 0.212 e. The first kappa shape index (κ1) is 14.8. The number of ether oxygens (including phenoxy) is 1. The summed E-state index contributed by atoms with van der Waals surface area (Å²) in [6.07, 6.45) is 0.702. The van der Waals surface area contributed by atoms with Gasteiger partial charge in [0.2, 0.25) is 10.0 Å². The molecule has 0 bridgehead atoms. The number of hydrogen-bond donors (Lipinski definition) is 2. The molecular formula is C9H22N2O3S. The van der Waals surface area contributed by atoms with Crippen molar-refractivity contribution < 1.29 is 13.2 Å². The number of rotatable bonds is 9. The second-order valence-corrected chi connectivity index (χ2v) is 5.59. The number of nitrogens with one attached hydrogen (secondary N) is 2. The van der Waals surface area contributed by atoms with E-state index in [-0.39, 0.29) is 5.75 Å². The van der Waals surface area contributed by atoms with Gasteiger partial charge in [-0.25, -0.2) is 13.1 Å². The Balaban J connectivity index is 3.59. The van der Waals surface area contributed by atoms with E-state index in [2.05, 4.69) is 10.0 Å². The predicted octanol–water partition coefficient (Wildman–Crippen LogP) is -0.0597. The monoisotopic (exact) mass is 238 g/mol. The second-order valence-electron chi connectivity index (χ2n) is 3.67. The van der Waals surface area contributed by atoms with Crippen molar-refractivity contribution in [2.75, 3.05) is 32.6 Å². The molecule has 15 heavy (non-hydrogen) atoms. The molecule has 0 atom stereocenters. The Hall–Kier alpha value is -0.170. The summed E-state index contributed by atoms with van der Waals surface area (Å²) in [6.45, 7) is 5.47. The van der Waals surface area contributed by atoms with Crippen LogP contribution in [0.4, 0.5) is 0 Å². The lowest BCUT2D eigenvalue weighted by Crippen LogP contribution is -2.35. The van der Waals surface area contributed by atoms with Gasteiger partial charge in [0.1, 0.15) is 0 Å². The minimum Gasteiger partial charge on any atom is -0.385 e. The molecule has 0 unspecified atom stereocenters. The number of hydrogen-bond acceptors (Lipinski definition) is 4. The second kappa shape index (κ2) is 8.04. The van der Waals surface area contributed by atoms with Crippen LogP contribution in [0.3, 0.4) is 0 Å². The molecule has 0 heterocycles. The molecule has 0 spiro atoms. The van der Waals surface area contributed by atoms with Gasteiger partial charge in [-0.2, -0.15) is 0 Å². The molecule has 0 aromatic carbocycles. The molecular weight excluding hydrogens is 216 g/mol. The predicted molar refractivity (Wildman–Crippen MR) is 61.4 cm³/mol. The van der Waals surface area contributed by atoms with Crippen molar-refractivity contribution >= 4 is 10.0 Å². The molecule has 92 valence electrons. The average Bonchev–Trinajstić information content (AvgIpc) is 2.11. The zero-order valence-corrected chi connectivity index (χ0v) is 10.6. The van der Waals surface area contributed by atoms with E-state index in [1.54, 1.807) is 7.11 Å². The molecule has 6 heteroatoms. The van der Waals surface area contributed by atoms with Crippen molar-refractivity contribution in [1.82, 2.24) is 10.0 Å². The molecule has 2 N–H and O–H groups in total. The normalized spacial score (nSPS) is 12.3. The molecule has 0 rings (SSSR count). The van der Waals surface area contributed by atoms with Gasteiger partial charge in [0.15, 0.2) is 0 Å². The Morgan fingerprint density at radius 2 is 1.93 bits per heavy atom. The van der Waals surface area contributed by atoms with Crippen molar-refractivity contribution in [2.45, 2.75) is 26.3 Å². The fourth-order valence-electron chi connectivity index (χ4n) is 0.998. The lowest BCUT2D eigenvalue weighted by molar-refractivity contribution is 0.196. The lowest BCUT2D eigenvalue weighted by atomic mass is 10.4. The molecule has 0 fully saturated rings. The summed E-state index contributed by atoms with van der Waals surface area (Å²) in [5.41, 5.74) is 0. The quantitative estimate of drug-likeness (QED) is 0.552. The van der Waals surface area contributed by atoms with Gasteiger partial charge in [-0.3, -0.25) is 0 Å². The van der Waals surface area contributed by atoms with Crippen LogP contribution in [-0.2, 0) is 14.8 Å². The van der Waals surface area contributed by atoms with Gasteiger partial charge >= 0.3 is 0 Å². The van der Waals surface area contributed by atoms with Gasteiger partial charge in [0, 0.05) is 32.8 Å². The fourth-order valence-corrected chi connectivity index (χ4v) is 1.98. The summed E-state index contributed by atoms with van der Waals surface area (Å²) in [7, 11) is -1.53. The highest BCUT2D eigenvalue weighted by atomic mass is 32.2. The van der Waals surface area contributed by atoms with Crippen molar-refractivity contribution in [2.24, 2.45) is 0 Å². The van der Waals surface area contributed by atoms with E-state index in [1.807, 2.05) is 13.8 Å². The SMILES string of the molecule is COCCCNS(=O)(=O)CCNC(C)C. The number of methoxy groups -OCH3 is 1. The Kier molecular flexibility index (Phi) is 7.95. The standard InChI is InChI=1S/C9H22N2O3S/c1-9(2)10-6-8-15(12,13)11-5-4-7-14-3/h9-11H,4-8H2,1-3H3. The summed E-state index contributed by atoms with van der Waals surface area (Å²) >= 11 is 0. The minimum atomic E-state index is -3.13. The summed E-state index contributed by atoms with van der Waals surface area (Å²) in [5, 5.41) is 3.06. The van der Waals surface area contributed by atoms with Gasteiger partial charge in [0.25, 0.3) is 0 Å². The molecule has 0 aromatic heterocycles. The zero-order valence-electron chi connectivity index (χ0n) is 9.75. The summed E-state index contributed by atoms with van der Waals surface area (Å²) < 4.78 is 30.1. The molecule has 0 aliphatic heterocycles. The molecule has 5 nitrogen and oxygen atoms in total. The van der Waals surface area contributed by atoms with Gasteiger partial charge in [-0.1, -0.05) is 13.8 Å². The minimum absolute atomic E-state index is 0.123. The first-order valence-corrected chi connectivity index (χ1v) is 6.83. The summed E-state index contributed by atoms with van der Waals surface area (Å²) in [4.78, 5) is 0. The third-order valence-corrected chi connectivity index (χ3v) is 3.16. The summed E-state index contributed by atoms with van der Waals surface area (Å²) in [6, 6.07) is 0.314. The van der Waals surface area contributed by atoms with E-state index in [4.69, 9.17) is 4.74 Å². The van der Waals surface area contributed by atoms with Crippen LogP contribution in [-0.4, -0.2) is 47.0 Å². The van der Waals surface area contributed by atoms with Crippen LogP contribution in [0.15, 0.2) is 0 Å². The van der Waals surface area contributed by atoms with Crippen LogP contribution < -0.4 is 10.0 Å². The van der Waals surface area contributed by atoms with Crippen LogP contribution in [0.5, 0.6) is 0 Å². The van der Waals surface area contributed by atoms with Crippen LogP contribution in [0.1, 0.15) is 20.3 Å². The van der Waals surface area contributed by atoms with Gasteiger partial charge < -0.3 is 10.1 Å². The van der Waals surface area contributed by atoms with Crippen molar-refractivity contribution in [3.8, 4) is 0 Å². The van der Waals surface area contributed by atoms with E-state index >= 15 is 0 Å². The zero-order chi connectivity index (χ0) is 11.7. The van der Waals surface area contributed by atoms with Crippen LogP contribution in [0.2, 0.25) is 0 Å². The van der Waals surface area contributed by atoms with Crippen LogP contribution in [0.25, 0.3) is 0 Å². The largest absolute Gasteiger partial charge is 0.385 e. The first-order valence-electron chi connectivity index (χ1n) is 5.17. The highest BCUT2D eigenvalue weighted by Crippen LogP contribution is 1.86. The molecule has 0 radical (unpaired) electrons. The van der Waals surface area contributed by atoms with Crippen molar-refractivity contribution in [3.63, 3.8) is 0 Å². The fraction of sp³-hybridized carbons (Fsp3) is 1.00. The maximum absolute atomic E-state index is 11.4. The van der Waals surface area contributed by atoms with E-state index < -0.39 is 10.0 Å². The van der Waals surface area contributed by atoms with E-state index in [0.29, 0.717) is 32.2 Å². The number of sulfonamides is 1. The van der Waals surface area contributed by atoms with Crippen molar-refractivity contribution in [1.29, 1.82) is 0 Å². The average molecular weight is 238 g/mol. The highest BCUT2D eigenvalue weighted by molar-refractivity contribution is 7.89. The molecule has 0 aliphatic carbocycles. The highest BCUT2D eigenvalue weighted by Gasteiger charge is 2.08. The topological polar surface area (TPSA) is 67.4 Å². The van der Waals surface area contributed by atoms with E-state index in [9.17, 15) is 8.42 Å². The third kappa shape index (κ3) is 10.1. The Bertz CT molecular complexity index is 240. The van der Waals surface area contributed by atoms with Gasteiger partial charge in [-0.05, 0) is 6.42 Å². The Morgan fingerprint density at radius 3 is 2.47 bits per heavy atom. The molecule has 0 aliphatic rings. The van der Waals surface area contributed by atoms with E-state index in [0.717, 1.165) is 0 Å². The first-order chi connectivity index (χ1) is 6.98. The van der Waals surface area contributed by atoms with Crippen molar-refractivity contribution in [3.05, 3.63) is 0 Å². The van der Waals surface area contributed by atoms with Gasteiger partial charge in [0.05, 0.1) is 5.75 Å². The molecule has 0 aromatic rings. The van der Waals surface area contributed by atoms with Gasteiger partial charge in [-0.15, -0.1) is 0 Å². The van der Waals surface area contributed by atoms with Crippen LogP contribution in [0, 0.1) is 0 Å². The molecule has 0 saturated heterocycles. The maximum atomic E-state index is 11.4. The molecule has 0 saturated carbocycles. The molecule has 0 amide bonds. The third-order valence-electron chi connectivity index (χ3n) is 1.77. The van der Waals surface area contributed by atoms with E-state index in [1.165, 1.54) is 0 Å². The Labute approximate surface area is 92.6 Å². The lowest BCUT2D eigenvalue weighted by Gasteiger charge is -2.09. The van der Waals surface area contributed by atoms with Crippen LogP contribution >= 0.6 is 0 Å².